The Morgan fingerprint density at radius 2 is 2.10 bits per heavy atom. The summed E-state index contributed by atoms with van der Waals surface area (Å²) in [6.45, 7) is 0. The summed E-state index contributed by atoms with van der Waals surface area (Å²) in [7, 11) is 0. The van der Waals surface area contributed by atoms with Gasteiger partial charge in [0.1, 0.15) is 0 Å². The lowest BCUT2D eigenvalue weighted by Crippen LogP contribution is -2.30. The summed E-state index contributed by atoms with van der Waals surface area (Å²) < 4.78 is 5.25. The number of hydrogen-bond donors (Lipinski definition) is 2. The van der Waals surface area contributed by atoms with Crippen LogP contribution >= 0.6 is 0 Å². The fourth-order valence-corrected chi connectivity index (χ4v) is 2.87. The van der Waals surface area contributed by atoms with Crippen LogP contribution in [-0.4, -0.2) is 22.1 Å². The highest BCUT2D eigenvalue weighted by atomic mass is 16.4. The normalized spacial score (nSPS) is 21.9. The van der Waals surface area contributed by atoms with Gasteiger partial charge in [0.15, 0.2) is 12.2 Å². The van der Waals surface area contributed by atoms with Crippen molar-refractivity contribution in [3.63, 3.8) is 0 Å². The predicted octanol–water partition coefficient (Wildman–Crippen LogP) is 3.40. The van der Waals surface area contributed by atoms with Gasteiger partial charge in [0.05, 0.1) is 12.1 Å². The van der Waals surface area contributed by atoms with Gasteiger partial charge >= 0.3 is 5.97 Å². The van der Waals surface area contributed by atoms with Gasteiger partial charge in [0.2, 0.25) is 0 Å². The molecule has 0 saturated heterocycles. The molecule has 2 aromatic rings. The highest BCUT2D eigenvalue weighted by Crippen LogP contribution is 2.28. The second-order valence-corrected chi connectivity index (χ2v) is 5.49. The molecule has 5 nitrogen and oxygen atoms in total. The Hall–Kier alpha value is -2.30. The lowest BCUT2D eigenvalue weighted by atomic mass is 9.85. The zero-order valence-corrected chi connectivity index (χ0v) is 11.7. The number of carbonyl (C=O) groups is 1. The number of aliphatic carboxylic acids is 1. The summed E-state index contributed by atoms with van der Waals surface area (Å²) in [4.78, 5) is 15.0. The van der Waals surface area contributed by atoms with Crippen LogP contribution in [0, 0.1) is 5.92 Å². The quantitative estimate of drug-likeness (QED) is 0.901. The lowest BCUT2D eigenvalue weighted by molar-refractivity contribution is -0.142. The first-order chi connectivity index (χ1) is 10.2. The van der Waals surface area contributed by atoms with E-state index in [1.807, 2.05) is 24.3 Å². The van der Waals surface area contributed by atoms with E-state index in [-0.39, 0.29) is 12.0 Å². The third-order valence-electron chi connectivity index (χ3n) is 4.00. The van der Waals surface area contributed by atoms with Gasteiger partial charge in [-0.1, -0.05) is 6.42 Å². The van der Waals surface area contributed by atoms with E-state index in [4.69, 9.17) is 9.52 Å². The minimum Gasteiger partial charge on any atom is -0.481 e. The molecule has 1 aromatic carbocycles. The molecule has 3 rings (SSSR count). The Balaban J connectivity index is 1.64. The standard InChI is InChI=1S/C16H18N2O3/c19-16(20)12-2-1-3-14(8-12)18-13-6-4-11(5-7-13)15-9-17-10-21-15/h4-7,9-10,12,14,18H,1-3,8H2,(H,19,20). The molecule has 0 amide bonds. The summed E-state index contributed by atoms with van der Waals surface area (Å²) >= 11 is 0. The number of nitrogens with one attached hydrogen (secondary N) is 1. The number of aromatic nitrogens is 1. The molecule has 1 aliphatic rings. The molecule has 0 spiro atoms. The van der Waals surface area contributed by atoms with Gasteiger partial charge in [0.25, 0.3) is 0 Å². The van der Waals surface area contributed by atoms with Crippen molar-refractivity contribution < 1.29 is 14.3 Å². The summed E-state index contributed by atoms with van der Waals surface area (Å²) in [5.74, 6) is -0.156. The fourth-order valence-electron chi connectivity index (χ4n) is 2.87. The molecule has 5 heteroatoms. The van der Waals surface area contributed by atoms with Crippen molar-refractivity contribution >= 4 is 11.7 Å². The molecule has 1 heterocycles. The fraction of sp³-hybridized carbons (Fsp3) is 0.375. The van der Waals surface area contributed by atoms with Crippen LogP contribution in [0.25, 0.3) is 11.3 Å². The van der Waals surface area contributed by atoms with Crippen molar-refractivity contribution in [1.82, 2.24) is 4.98 Å². The molecule has 1 aliphatic carbocycles. The van der Waals surface area contributed by atoms with Gasteiger partial charge in [-0.25, -0.2) is 4.98 Å². The van der Waals surface area contributed by atoms with Crippen LogP contribution in [0.15, 0.2) is 41.3 Å². The SMILES string of the molecule is O=C(O)C1CCCC(Nc2ccc(-c3cnco3)cc2)C1. The van der Waals surface area contributed by atoms with Gasteiger partial charge in [-0.15, -0.1) is 0 Å². The van der Waals surface area contributed by atoms with E-state index in [0.717, 1.165) is 36.3 Å². The van der Waals surface area contributed by atoms with Crippen LogP contribution in [0.3, 0.4) is 0 Å². The Kier molecular flexibility index (Phi) is 3.90. The molecular weight excluding hydrogens is 268 g/mol. The summed E-state index contributed by atoms with van der Waals surface area (Å²) in [5.41, 5.74) is 1.99. The number of carboxylic acid groups (broad SMARTS) is 1. The maximum atomic E-state index is 11.1. The maximum absolute atomic E-state index is 11.1. The molecule has 1 fully saturated rings. The van der Waals surface area contributed by atoms with E-state index in [0.29, 0.717) is 6.42 Å². The smallest absolute Gasteiger partial charge is 0.306 e. The van der Waals surface area contributed by atoms with Crippen LogP contribution in [0.4, 0.5) is 5.69 Å². The molecule has 2 unspecified atom stereocenters. The first kappa shape index (κ1) is 13.7. The molecule has 0 aliphatic heterocycles. The second kappa shape index (κ2) is 5.99. The minimum atomic E-state index is -0.679. The van der Waals surface area contributed by atoms with E-state index in [9.17, 15) is 4.79 Å². The van der Waals surface area contributed by atoms with Gasteiger partial charge in [-0.05, 0) is 43.5 Å². The number of carboxylic acids is 1. The van der Waals surface area contributed by atoms with Crippen molar-refractivity contribution in [2.45, 2.75) is 31.7 Å². The van der Waals surface area contributed by atoms with E-state index < -0.39 is 5.97 Å². The zero-order chi connectivity index (χ0) is 14.7. The van der Waals surface area contributed by atoms with Crippen molar-refractivity contribution in [2.75, 3.05) is 5.32 Å². The predicted molar refractivity (Wildman–Crippen MR) is 78.9 cm³/mol. The van der Waals surface area contributed by atoms with Gasteiger partial charge < -0.3 is 14.8 Å². The van der Waals surface area contributed by atoms with Crippen molar-refractivity contribution in [3.8, 4) is 11.3 Å². The Labute approximate surface area is 123 Å². The zero-order valence-electron chi connectivity index (χ0n) is 11.7. The van der Waals surface area contributed by atoms with Gasteiger partial charge in [0, 0.05) is 17.3 Å². The molecule has 110 valence electrons. The van der Waals surface area contributed by atoms with Crippen molar-refractivity contribution in [1.29, 1.82) is 0 Å². The first-order valence-electron chi connectivity index (χ1n) is 7.20. The summed E-state index contributed by atoms with van der Waals surface area (Å²) in [5, 5.41) is 12.5. The highest BCUT2D eigenvalue weighted by molar-refractivity contribution is 5.70. The van der Waals surface area contributed by atoms with Gasteiger partial charge in [-0.2, -0.15) is 0 Å². The lowest BCUT2D eigenvalue weighted by Gasteiger charge is -2.28. The largest absolute Gasteiger partial charge is 0.481 e. The van der Waals surface area contributed by atoms with Crippen molar-refractivity contribution in [2.24, 2.45) is 5.92 Å². The number of rotatable bonds is 4. The van der Waals surface area contributed by atoms with Crippen LogP contribution < -0.4 is 5.32 Å². The Bertz CT molecular complexity index is 592. The topological polar surface area (TPSA) is 75.4 Å². The van der Waals surface area contributed by atoms with E-state index >= 15 is 0 Å². The van der Waals surface area contributed by atoms with E-state index in [1.165, 1.54) is 6.39 Å². The van der Waals surface area contributed by atoms with Crippen molar-refractivity contribution in [3.05, 3.63) is 36.9 Å². The number of oxazole rings is 1. The second-order valence-electron chi connectivity index (χ2n) is 5.49. The molecule has 2 N–H and O–H groups in total. The Morgan fingerprint density at radius 1 is 1.29 bits per heavy atom. The average Bonchev–Trinajstić information content (AvgIpc) is 3.02. The van der Waals surface area contributed by atoms with E-state index in [1.54, 1.807) is 6.20 Å². The van der Waals surface area contributed by atoms with E-state index in [2.05, 4.69) is 10.3 Å². The van der Waals surface area contributed by atoms with Crippen LogP contribution in [0.5, 0.6) is 0 Å². The number of anilines is 1. The molecule has 0 bridgehead atoms. The molecule has 0 radical (unpaired) electrons. The molecule has 2 atom stereocenters. The number of hydrogen-bond acceptors (Lipinski definition) is 4. The van der Waals surface area contributed by atoms with Crippen LogP contribution in [-0.2, 0) is 4.79 Å². The third kappa shape index (κ3) is 3.24. The third-order valence-corrected chi connectivity index (χ3v) is 4.00. The highest BCUT2D eigenvalue weighted by Gasteiger charge is 2.26. The molecule has 1 saturated carbocycles. The van der Waals surface area contributed by atoms with Crippen LogP contribution in [0.1, 0.15) is 25.7 Å². The molecule has 1 aromatic heterocycles. The average molecular weight is 286 g/mol. The molecule has 21 heavy (non-hydrogen) atoms. The summed E-state index contributed by atoms with van der Waals surface area (Å²) in [6.07, 6.45) is 6.56. The first-order valence-corrected chi connectivity index (χ1v) is 7.20. The van der Waals surface area contributed by atoms with Crippen LogP contribution in [0.2, 0.25) is 0 Å². The molecular formula is C16H18N2O3. The minimum absolute atomic E-state index is 0.218. The number of benzene rings is 1. The number of nitrogens with zero attached hydrogens (tertiary/aromatic N) is 1. The monoisotopic (exact) mass is 286 g/mol. The summed E-state index contributed by atoms with van der Waals surface area (Å²) in [6, 6.07) is 8.15. The maximum Gasteiger partial charge on any atom is 0.306 e. The Morgan fingerprint density at radius 3 is 2.76 bits per heavy atom. The van der Waals surface area contributed by atoms with Gasteiger partial charge in [-0.3, -0.25) is 4.79 Å².